The first kappa shape index (κ1) is 15.1. The molecule has 1 saturated carbocycles. The topological polar surface area (TPSA) is 35.2 Å². The predicted molar refractivity (Wildman–Crippen MR) is 87.3 cm³/mol. The molecule has 1 heterocycles. The summed E-state index contributed by atoms with van der Waals surface area (Å²) in [6.45, 7) is 2.78. The Bertz CT molecular complexity index is 416. The first-order valence-corrected chi connectivity index (χ1v) is 8.66. The van der Waals surface area contributed by atoms with E-state index in [1.54, 1.807) is 5.56 Å². The van der Waals surface area contributed by atoms with E-state index in [-0.39, 0.29) is 0 Å². The first-order chi connectivity index (χ1) is 10.3. The molecule has 0 amide bonds. The second-order valence-corrected chi connectivity index (χ2v) is 7.09. The minimum absolute atomic E-state index is 0.398. The normalized spacial score (nSPS) is 31.2. The van der Waals surface area contributed by atoms with Crippen molar-refractivity contribution >= 4 is 0 Å². The minimum Gasteiger partial charge on any atom is -0.381 e. The van der Waals surface area contributed by atoms with Crippen LogP contribution in [-0.4, -0.2) is 19.8 Å². The number of nitrogens with two attached hydrogens (primary N) is 1. The van der Waals surface area contributed by atoms with Gasteiger partial charge in [0.1, 0.15) is 0 Å². The molecule has 1 aliphatic heterocycles. The van der Waals surface area contributed by atoms with E-state index in [0.29, 0.717) is 5.41 Å². The van der Waals surface area contributed by atoms with Gasteiger partial charge in [0, 0.05) is 13.2 Å². The molecule has 0 bridgehead atoms. The van der Waals surface area contributed by atoms with Crippen LogP contribution in [-0.2, 0) is 10.2 Å². The zero-order valence-corrected chi connectivity index (χ0v) is 13.1. The lowest BCUT2D eigenvalue weighted by Crippen LogP contribution is -2.36. The third kappa shape index (κ3) is 3.49. The summed E-state index contributed by atoms with van der Waals surface area (Å²) < 4.78 is 5.55. The summed E-state index contributed by atoms with van der Waals surface area (Å²) in [5, 5.41) is 0. The molecule has 0 radical (unpaired) electrons. The Balaban J connectivity index is 1.77. The molecule has 2 heteroatoms. The van der Waals surface area contributed by atoms with Gasteiger partial charge >= 0.3 is 0 Å². The minimum atomic E-state index is 0.398. The fourth-order valence-corrected chi connectivity index (χ4v) is 4.37. The SMILES string of the molecule is NCC1CCC(CC2CCOCC2)(c2ccccc2)CC1. The lowest BCUT2D eigenvalue weighted by atomic mass is 9.62. The number of hydrogen-bond acceptors (Lipinski definition) is 2. The number of rotatable bonds is 4. The van der Waals surface area contributed by atoms with E-state index in [1.807, 2.05) is 0 Å². The van der Waals surface area contributed by atoms with Gasteiger partial charge in [0.25, 0.3) is 0 Å². The zero-order chi connectivity index (χ0) is 14.5. The Labute approximate surface area is 129 Å². The molecule has 1 aromatic carbocycles. The van der Waals surface area contributed by atoms with Crippen molar-refractivity contribution in [3.8, 4) is 0 Å². The van der Waals surface area contributed by atoms with Gasteiger partial charge in [-0.3, -0.25) is 0 Å². The molecule has 21 heavy (non-hydrogen) atoms. The van der Waals surface area contributed by atoms with Crippen LogP contribution in [0.3, 0.4) is 0 Å². The fourth-order valence-electron chi connectivity index (χ4n) is 4.37. The third-order valence-electron chi connectivity index (χ3n) is 5.80. The summed E-state index contributed by atoms with van der Waals surface area (Å²) in [5.74, 6) is 1.59. The summed E-state index contributed by atoms with van der Waals surface area (Å²) in [4.78, 5) is 0. The number of ether oxygens (including phenoxy) is 1. The highest BCUT2D eigenvalue weighted by Crippen LogP contribution is 2.46. The molecular weight excluding hydrogens is 258 g/mol. The van der Waals surface area contributed by atoms with Gasteiger partial charge in [0.05, 0.1) is 0 Å². The second kappa shape index (κ2) is 6.93. The summed E-state index contributed by atoms with van der Waals surface area (Å²) in [6, 6.07) is 11.2. The van der Waals surface area contributed by atoms with Crippen molar-refractivity contribution in [3.05, 3.63) is 35.9 Å². The van der Waals surface area contributed by atoms with E-state index in [0.717, 1.165) is 31.6 Å². The largest absolute Gasteiger partial charge is 0.381 e. The molecule has 2 aliphatic rings. The molecule has 0 spiro atoms. The Kier molecular flexibility index (Phi) is 4.97. The molecule has 1 aliphatic carbocycles. The van der Waals surface area contributed by atoms with E-state index in [1.165, 1.54) is 44.9 Å². The molecular formula is C19H29NO. The van der Waals surface area contributed by atoms with E-state index in [2.05, 4.69) is 30.3 Å². The van der Waals surface area contributed by atoms with E-state index in [9.17, 15) is 0 Å². The van der Waals surface area contributed by atoms with Crippen molar-refractivity contribution in [2.24, 2.45) is 17.6 Å². The van der Waals surface area contributed by atoms with Crippen LogP contribution in [0, 0.1) is 11.8 Å². The van der Waals surface area contributed by atoms with Crippen LogP contribution in [0.2, 0.25) is 0 Å². The van der Waals surface area contributed by atoms with Crippen LogP contribution in [0.25, 0.3) is 0 Å². The van der Waals surface area contributed by atoms with Crippen LogP contribution in [0.5, 0.6) is 0 Å². The van der Waals surface area contributed by atoms with Crippen molar-refractivity contribution in [2.75, 3.05) is 19.8 Å². The molecule has 2 N–H and O–H groups in total. The summed E-state index contributed by atoms with van der Waals surface area (Å²) in [7, 11) is 0. The monoisotopic (exact) mass is 287 g/mol. The Hall–Kier alpha value is -0.860. The molecule has 0 aromatic heterocycles. The zero-order valence-electron chi connectivity index (χ0n) is 13.1. The van der Waals surface area contributed by atoms with Gasteiger partial charge < -0.3 is 10.5 Å². The molecule has 0 unspecified atom stereocenters. The second-order valence-electron chi connectivity index (χ2n) is 7.09. The van der Waals surface area contributed by atoms with Crippen LogP contribution in [0.4, 0.5) is 0 Å². The smallest absolute Gasteiger partial charge is 0.0468 e. The van der Waals surface area contributed by atoms with Crippen LogP contribution in [0.15, 0.2) is 30.3 Å². The van der Waals surface area contributed by atoms with Gasteiger partial charge in [-0.2, -0.15) is 0 Å². The molecule has 2 fully saturated rings. The average Bonchev–Trinajstić information content (AvgIpc) is 2.57. The van der Waals surface area contributed by atoms with Crippen molar-refractivity contribution in [1.29, 1.82) is 0 Å². The Morgan fingerprint density at radius 2 is 1.62 bits per heavy atom. The summed E-state index contributed by atoms with van der Waals surface area (Å²) in [5.41, 5.74) is 7.86. The first-order valence-electron chi connectivity index (χ1n) is 8.66. The maximum absolute atomic E-state index is 5.90. The molecule has 116 valence electrons. The van der Waals surface area contributed by atoms with E-state index >= 15 is 0 Å². The van der Waals surface area contributed by atoms with Gasteiger partial charge in [-0.15, -0.1) is 0 Å². The highest BCUT2D eigenvalue weighted by molar-refractivity contribution is 5.26. The van der Waals surface area contributed by atoms with E-state index < -0.39 is 0 Å². The number of hydrogen-bond donors (Lipinski definition) is 1. The van der Waals surface area contributed by atoms with Crippen LogP contribution in [0.1, 0.15) is 50.5 Å². The van der Waals surface area contributed by atoms with Gasteiger partial charge in [0.15, 0.2) is 0 Å². The summed E-state index contributed by atoms with van der Waals surface area (Å²) >= 11 is 0. The maximum atomic E-state index is 5.90. The maximum Gasteiger partial charge on any atom is 0.0468 e. The molecule has 0 atom stereocenters. The predicted octanol–water partition coefficient (Wildman–Crippen LogP) is 3.89. The average molecular weight is 287 g/mol. The fraction of sp³-hybridized carbons (Fsp3) is 0.684. The van der Waals surface area contributed by atoms with Crippen molar-refractivity contribution in [2.45, 2.75) is 50.4 Å². The lowest BCUT2D eigenvalue weighted by molar-refractivity contribution is 0.0498. The molecule has 2 nitrogen and oxygen atoms in total. The standard InChI is InChI=1S/C19H29NO/c20-15-17-6-10-19(11-7-17,18-4-2-1-3-5-18)14-16-8-12-21-13-9-16/h1-5,16-17H,6-15,20H2. The van der Waals surface area contributed by atoms with Gasteiger partial charge in [-0.05, 0) is 74.3 Å². The van der Waals surface area contributed by atoms with E-state index in [4.69, 9.17) is 10.5 Å². The van der Waals surface area contributed by atoms with Gasteiger partial charge in [0.2, 0.25) is 0 Å². The van der Waals surface area contributed by atoms with Crippen LogP contribution >= 0.6 is 0 Å². The highest BCUT2D eigenvalue weighted by Gasteiger charge is 2.38. The van der Waals surface area contributed by atoms with Gasteiger partial charge in [-0.25, -0.2) is 0 Å². The highest BCUT2D eigenvalue weighted by atomic mass is 16.5. The van der Waals surface area contributed by atoms with Crippen molar-refractivity contribution in [3.63, 3.8) is 0 Å². The molecule has 3 rings (SSSR count). The van der Waals surface area contributed by atoms with Crippen molar-refractivity contribution in [1.82, 2.24) is 0 Å². The summed E-state index contributed by atoms with van der Waals surface area (Å²) in [6.07, 6.45) is 9.07. The molecule has 1 aromatic rings. The third-order valence-corrected chi connectivity index (χ3v) is 5.80. The quantitative estimate of drug-likeness (QED) is 0.912. The Morgan fingerprint density at radius 3 is 2.24 bits per heavy atom. The van der Waals surface area contributed by atoms with Crippen LogP contribution < -0.4 is 5.73 Å². The molecule has 1 saturated heterocycles. The Morgan fingerprint density at radius 1 is 0.952 bits per heavy atom. The van der Waals surface area contributed by atoms with Crippen molar-refractivity contribution < 1.29 is 4.74 Å². The lowest BCUT2D eigenvalue weighted by Gasteiger charge is -2.43. The number of benzene rings is 1. The van der Waals surface area contributed by atoms with Gasteiger partial charge in [-0.1, -0.05) is 30.3 Å².